The Morgan fingerprint density at radius 2 is 2.00 bits per heavy atom. The molecule has 1 aromatic carbocycles. The van der Waals surface area contributed by atoms with E-state index in [9.17, 15) is 0 Å². The van der Waals surface area contributed by atoms with Crippen LogP contribution >= 0.6 is 0 Å². The van der Waals surface area contributed by atoms with Gasteiger partial charge in [-0.3, -0.25) is 5.41 Å². The van der Waals surface area contributed by atoms with Crippen molar-refractivity contribution >= 4 is 5.84 Å². The summed E-state index contributed by atoms with van der Waals surface area (Å²) in [7, 11) is 0. The minimum atomic E-state index is 0.0610. The standard InChI is InChI=1S/C13H16N4O/c1-9(2)18-12-7-16-17(8-12)11-5-3-10(4-6-11)13(14)15/h3-9H,1-2H3,(H3,14,15). The molecule has 0 amide bonds. The maximum absolute atomic E-state index is 7.33. The van der Waals surface area contributed by atoms with Crippen LogP contribution in [0.5, 0.6) is 5.75 Å². The summed E-state index contributed by atoms with van der Waals surface area (Å²) in [4.78, 5) is 0. The molecule has 5 nitrogen and oxygen atoms in total. The summed E-state index contributed by atoms with van der Waals surface area (Å²) in [5.41, 5.74) is 7.00. The molecular formula is C13H16N4O. The molecule has 0 aliphatic heterocycles. The number of nitrogens with two attached hydrogens (primary N) is 1. The van der Waals surface area contributed by atoms with E-state index < -0.39 is 0 Å². The van der Waals surface area contributed by atoms with Crippen molar-refractivity contribution in [2.24, 2.45) is 5.73 Å². The molecule has 2 aromatic rings. The van der Waals surface area contributed by atoms with Crippen LogP contribution in [0.25, 0.3) is 5.69 Å². The van der Waals surface area contributed by atoms with Crippen molar-refractivity contribution in [1.82, 2.24) is 9.78 Å². The maximum Gasteiger partial charge on any atom is 0.158 e. The van der Waals surface area contributed by atoms with E-state index in [0.717, 1.165) is 11.4 Å². The van der Waals surface area contributed by atoms with E-state index in [4.69, 9.17) is 15.9 Å². The SMILES string of the molecule is CC(C)Oc1cnn(-c2ccc(C(=N)N)cc2)c1. The van der Waals surface area contributed by atoms with Crippen LogP contribution in [0, 0.1) is 5.41 Å². The van der Waals surface area contributed by atoms with Gasteiger partial charge in [0.2, 0.25) is 0 Å². The minimum absolute atomic E-state index is 0.0610. The molecule has 3 N–H and O–H groups in total. The second-order valence-electron chi connectivity index (χ2n) is 4.25. The topological polar surface area (TPSA) is 76.9 Å². The van der Waals surface area contributed by atoms with Crippen LogP contribution in [0.4, 0.5) is 0 Å². The second kappa shape index (κ2) is 4.91. The van der Waals surface area contributed by atoms with Crippen molar-refractivity contribution in [2.75, 3.05) is 0 Å². The number of rotatable bonds is 4. The number of nitrogens with zero attached hydrogens (tertiary/aromatic N) is 2. The molecule has 0 radical (unpaired) electrons. The van der Waals surface area contributed by atoms with Crippen LogP contribution in [0.1, 0.15) is 19.4 Å². The molecule has 0 saturated carbocycles. The molecule has 0 unspecified atom stereocenters. The van der Waals surface area contributed by atoms with E-state index in [2.05, 4.69) is 5.10 Å². The monoisotopic (exact) mass is 244 g/mol. The molecule has 0 aliphatic rings. The Hall–Kier alpha value is -2.30. The van der Waals surface area contributed by atoms with E-state index in [1.54, 1.807) is 23.0 Å². The summed E-state index contributed by atoms with van der Waals surface area (Å²) in [6.45, 7) is 3.94. The number of benzene rings is 1. The van der Waals surface area contributed by atoms with Gasteiger partial charge in [-0.1, -0.05) is 0 Å². The van der Waals surface area contributed by atoms with Crippen molar-refractivity contribution in [1.29, 1.82) is 5.41 Å². The Balaban J connectivity index is 2.20. The van der Waals surface area contributed by atoms with Crippen molar-refractivity contribution in [3.63, 3.8) is 0 Å². The van der Waals surface area contributed by atoms with Gasteiger partial charge in [0, 0.05) is 5.56 Å². The summed E-state index contributed by atoms with van der Waals surface area (Å²) in [6.07, 6.45) is 3.63. The summed E-state index contributed by atoms with van der Waals surface area (Å²) >= 11 is 0. The van der Waals surface area contributed by atoms with Crippen LogP contribution in [0.3, 0.4) is 0 Å². The number of nitrogen functional groups attached to an aromatic ring is 1. The smallest absolute Gasteiger partial charge is 0.158 e. The lowest BCUT2D eigenvalue weighted by atomic mass is 10.2. The molecule has 0 aliphatic carbocycles. The molecule has 0 fully saturated rings. The highest BCUT2D eigenvalue weighted by Gasteiger charge is 2.04. The van der Waals surface area contributed by atoms with Gasteiger partial charge in [-0.05, 0) is 38.1 Å². The zero-order valence-corrected chi connectivity index (χ0v) is 10.4. The predicted octanol–water partition coefficient (Wildman–Crippen LogP) is 1.94. The number of aromatic nitrogens is 2. The minimum Gasteiger partial charge on any atom is -0.488 e. The Morgan fingerprint density at radius 1 is 1.33 bits per heavy atom. The lowest BCUT2D eigenvalue weighted by Crippen LogP contribution is -2.10. The van der Waals surface area contributed by atoms with Gasteiger partial charge in [0.15, 0.2) is 5.75 Å². The van der Waals surface area contributed by atoms with Gasteiger partial charge < -0.3 is 10.5 Å². The number of nitrogens with one attached hydrogen (secondary N) is 1. The van der Waals surface area contributed by atoms with Crippen molar-refractivity contribution in [3.8, 4) is 11.4 Å². The molecule has 94 valence electrons. The average molecular weight is 244 g/mol. The summed E-state index contributed by atoms with van der Waals surface area (Å²) in [5, 5.41) is 11.5. The molecule has 5 heteroatoms. The zero-order chi connectivity index (χ0) is 13.1. The summed E-state index contributed by atoms with van der Waals surface area (Å²) < 4.78 is 7.26. The van der Waals surface area contributed by atoms with Crippen LogP contribution in [0.2, 0.25) is 0 Å². The van der Waals surface area contributed by atoms with E-state index in [-0.39, 0.29) is 11.9 Å². The Bertz CT molecular complexity index is 542. The van der Waals surface area contributed by atoms with Crippen LogP contribution in [-0.4, -0.2) is 21.7 Å². The van der Waals surface area contributed by atoms with Crippen LogP contribution < -0.4 is 10.5 Å². The Kier molecular flexibility index (Phi) is 3.32. The van der Waals surface area contributed by atoms with E-state index >= 15 is 0 Å². The Morgan fingerprint density at radius 3 is 2.56 bits per heavy atom. The van der Waals surface area contributed by atoms with Crippen LogP contribution in [-0.2, 0) is 0 Å². The summed E-state index contributed by atoms with van der Waals surface area (Å²) in [6, 6.07) is 7.32. The third-order valence-electron chi connectivity index (χ3n) is 2.37. The second-order valence-corrected chi connectivity index (χ2v) is 4.25. The lowest BCUT2D eigenvalue weighted by molar-refractivity contribution is 0.242. The van der Waals surface area contributed by atoms with Crippen LogP contribution in [0.15, 0.2) is 36.7 Å². The molecule has 0 bridgehead atoms. The number of amidine groups is 1. The first-order valence-electron chi connectivity index (χ1n) is 5.72. The van der Waals surface area contributed by atoms with Gasteiger partial charge in [-0.15, -0.1) is 0 Å². The van der Waals surface area contributed by atoms with E-state index in [1.807, 2.05) is 32.2 Å². The van der Waals surface area contributed by atoms with Gasteiger partial charge in [-0.2, -0.15) is 5.10 Å². The van der Waals surface area contributed by atoms with Crippen molar-refractivity contribution in [3.05, 3.63) is 42.2 Å². The Labute approximate surface area is 106 Å². The largest absolute Gasteiger partial charge is 0.488 e. The quantitative estimate of drug-likeness (QED) is 0.637. The average Bonchev–Trinajstić information content (AvgIpc) is 2.76. The predicted molar refractivity (Wildman–Crippen MR) is 70.3 cm³/mol. The molecule has 0 atom stereocenters. The van der Waals surface area contributed by atoms with Gasteiger partial charge in [0.05, 0.1) is 24.2 Å². The fourth-order valence-corrected chi connectivity index (χ4v) is 1.57. The molecule has 1 aromatic heterocycles. The van der Waals surface area contributed by atoms with Gasteiger partial charge in [0.1, 0.15) is 5.84 Å². The molecule has 2 rings (SSSR count). The van der Waals surface area contributed by atoms with Gasteiger partial charge in [0.25, 0.3) is 0 Å². The highest BCUT2D eigenvalue weighted by molar-refractivity contribution is 5.95. The maximum atomic E-state index is 7.33. The van der Waals surface area contributed by atoms with E-state index in [1.165, 1.54) is 0 Å². The summed E-state index contributed by atoms with van der Waals surface area (Å²) in [5.74, 6) is 0.798. The molecule has 0 saturated heterocycles. The van der Waals surface area contributed by atoms with Gasteiger partial charge >= 0.3 is 0 Å². The lowest BCUT2D eigenvalue weighted by Gasteiger charge is -2.05. The molecule has 1 heterocycles. The fourth-order valence-electron chi connectivity index (χ4n) is 1.57. The first-order chi connectivity index (χ1) is 8.56. The van der Waals surface area contributed by atoms with E-state index in [0.29, 0.717) is 5.56 Å². The number of hydrogen-bond donors (Lipinski definition) is 2. The first kappa shape index (κ1) is 12.2. The van der Waals surface area contributed by atoms with Gasteiger partial charge in [-0.25, -0.2) is 4.68 Å². The number of ether oxygens (including phenoxy) is 1. The third kappa shape index (κ3) is 2.68. The van der Waals surface area contributed by atoms with Crippen molar-refractivity contribution < 1.29 is 4.74 Å². The third-order valence-corrected chi connectivity index (χ3v) is 2.37. The fraction of sp³-hybridized carbons (Fsp3) is 0.231. The molecule has 0 spiro atoms. The first-order valence-corrected chi connectivity index (χ1v) is 5.72. The molecular weight excluding hydrogens is 228 g/mol. The number of hydrogen-bond acceptors (Lipinski definition) is 3. The molecule has 18 heavy (non-hydrogen) atoms. The highest BCUT2D eigenvalue weighted by Crippen LogP contribution is 2.15. The van der Waals surface area contributed by atoms with Crippen molar-refractivity contribution in [2.45, 2.75) is 20.0 Å². The highest BCUT2D eigenvalue weighted by atomic mass is 16.5. The normalized spacial score (nSPS) is 10.6. The zero-order valence-electron chi connectivity index (χ0n) is 10.4.